The van der Waals surface area contributed by atoms with Crippen molar-refractivity contribution in [2.45, 2.75) is 50.6 Å². The number of anilines is 1. The van der Waals surface area contributed by atoms with Crippen LogP contribution in [-0.4, -0.2) is 49.9 Å². The Balaban J connectivity index is 1.11. The van der Waals surface area contributed by atoms with Crippen molar-refractivity contribution in [3.05, 3.63) is 46.3 Å². The maximum Gasteiger partial charge on any atom is 0.266 e. The van der Waals surface area contributed by atoms with Crippen LogP contribution in [0.5, 0.6) is 0 Å². The lowest BCUT2D eigenvalue weighted by Crippen LogP contribution is -2.62. The van der Waals surface area contributed by atoms with E-state index in [1.54, 1.807) is 0 Å². The molecule has 0 N–H and O–H groups in total. The molecular weight excluding hydrogens is 414 g/mol. The minimum absolute atomic E-state index is 0.349. The van der Waals surface area contributed by atoms with Gasteiger partial charge in [-0.2, -0.15) is 4.98 Å². The van der Waals surface area contributed by atoms with Gasteiger partial charge in [-0.1, -0.05) is 11.6 Å². The number of rotatable bonds is 3. The van der Waals surface area contributed by atoms with E-state index in [-0.39, 0.29) is 0 Å². The minimum atomic E-state index is 0.349. The number of hydrogen-bond acceptors (Lipinski definition) is 7. The molecule has 0 atom stereocenters. The molecule has 4 heterocycles. The Morgan fingerprint density at radius 2 is 1.94 bits per heavy atom. The highest BCUT2D eigenvalue weighted by molar-refractivity contribution is 6.30. The molecule has 31 heavy (non-hydrogen) atoms. The minimum Gasteiger partial charge on any atom is -0.337 e. The molecule has 0 unspecified atom stereocenters. The Hall–Kier alpha value is -2.45. The van der Waals surface area contributed by atoms with Crippen molar-refractivity contribution < 1.29 is 4.52 Å². The molecule has 2 aliphatic carbocycles. The molecule has 0 radical (unpaired) electrons. The Bertz CT molecular complexity index is 1170. The van der Waals surface area contributed by atoms with Gasteiger partial charge < -0.3 is 9.42 Å². The number of nitrogens with zero attached hydrogens (tertiary/aromatic N) is 7. The van der Waals surface area contributed by atoms with Gasteiger partial charge in [-0.3, -0.25) is 9.47 Å². The number of aromatic nitrogens is 5. The van der Waals surface area contributed by atoms with E-state index in [2.05, 4.69) is 53.9 Å². The van der Waals surface area contributed by atoms with Crippen LogP contribution in [0.2, 0.25) is 5.02 Å². The predicted octanol–water partition coefficient (Wildman–Crippen LogP) is 3.51. The SMILES string of the molecule is CN1Cc2cc(Cl)ccc2-n2c(nnc2C2CC3(C2)CN(c2noc(C4CC4)n2)C3)C1. The van der Waals surface area contributed by atoms with Gasteiger partial charge in [0.1, 0.15) is 5.82 Å². The predicted molar refractivity (Wildman–Crippen MR) is 114 cm³/mol. The van der Waals surface area contributed by atoms with Crippen molar-refractivity contribution in [2.24, 2.45) is 5.41 Å². The topological polar surface area (TPSA) is 76.1 Å². The normalized spacial score (nSPS) is 22.6. The number of fused-ring (bicyclic) bond motifs is 3. The zero-order chi connectivity index (χ0) is 20.7. The summed E-state index contributed by atoms with van der Waals surface area (Å²) in [6, 6.07) is 6.14. The summed E-state index contributed by atoms with van der Waals surface area (Å²) in [4.78, 5) is 9.12. The third kappa shape index (κ3) is 2.84. The van der Waals surface area contributed by atoms with Gasteiger partial charge in [0.2, 0.25) is 5.89 Å². The summed E-state index contributed by atoms with van der Waals surface area (Å²) in [6.45, 7) is 3.65. The molecule has 160 valence electrons. The molecule has 8 nitrogen and oxygen atoms in total. The molecule has 3 aromatic rings. The second kappa shape index (κ2) is 6.29. The summed E-state index contributed by atoms with van der Waals surface area (Å²) in [5.41, 5.74) is 2.74. The first-order valence-electron chi connectivity index (χ1n) is 11.1. The molecule has 2 saturated carbocycles. The molecule has 7 rings (SSSR count). The zero-order valence-electron chi connectivity index (χ0n) is 17.5. The van der Waals surface area contributed by atoms with Crippen molar-refractivity contribution in [3.63, 3.8) is 0 Å². The first kappa shape index (κ1) is 18.2. The molecular formula is C22H24ClN7O. The van der Waals surface area contributed by atoms with E-state index in [1.165, 1.54) is 24.1 Å². The smallest absolute Gasteiger partial charge is 0.266 e. The van der Waals surface area contributed by atoms with Crippen LogP contribution in [0.15, 0.2) is 22.7 Å². The third-order valence-electron chi connectivity index (χ3n) is 7.31. The molecule has 4 aliphatic rings. The van der Waals surface area contributed by atoms with E-state index in [1.807, 2.05) is 6.07 Å². The van der Waals surface area contributed by atoms with Crippen molar-refractivity contribution in [3.8, 4) is 5.69 Å². The van der Waals surface area contributed by atoms with Gasteiger partial charge in [0.05, 0.1) is 12.2 Å². The highest BCUT2D eigenvalue weighted by Gasteiger charge is 2.55. The fraction of sp³-hybridized carbons (Fsp3) is 0.545. The van der Waals surface area contributed by atoms with Gasteiger partial charge in [0.15, 0.2) is 5.82 Å². The zero-order valence-corrected chi connectivity index (χ0v) is 18.2. The lowest BCUT2D eigenvalue weighted by atomic mass is 9.57. The van der Waals surface area contributed by atoms with Gasteiger partial charge in [0.25, 0.3) is 5.95 Å². The van der Waals surface area contributed by atoms with Crippen LogP contribution in [-0.2, 0) is 13.1 Å². The van der Waals surface area contributed by atoms with Gasteiger partial charge in [-0.15, -0.1) is 10.2 Å². The van der Waals surface area contributed by atoms with Crippen molar-refractivity contribution in [1.29, 1.82) is 0 Å². The maximum atomic E-state index is 6.29. The van der Waals surface area contributed by atoms with E-state index < -0.39 is 0 Å². The summed E-state index contributed by atoms with van der Waals surface area (Å²) < 4.78 is 7.71. The molecule has 3 fully saturated rings. The van der Waals surface area contributed by atoms with E-state index >= 15 is 0 Å². The molecule has 9 heteroatoms. The lowest BCUT2D eigenvalue weighted by Gasteiger charge is -2.58. The van der Waals surface area contributed by atoms with E-state index in [0.717, 1.165) is 67.5 Å². The van der Waals surface area contributed by atoms with E-state index in [9.17, 15) is 0 Å². The summed E-state index contributed by atoms with van der Waals surface area (Å²) in [7, 11) is 2.11. The lowest BCUT2D eigenvalue weighted by molar-refractivity contribution is 0.0571. The maximum absolute atomic E-state index is 6.29. The Labute approximate surface area is 185 Å². The van der Waals surface area contributed by atoms with Gasteiger partial charge >= 0.3 is 0 Å². The highest BCUT2D eigenvalue weighted by atomic mass is 35.5. The first-order chi connectivity index (χ1) is 15.1. The van der Waals surface area contributed by atoms with Crippen molar-refractivity contribution >= 4 is 17.5 Å². The summed E-state index contributed by atoms with van der Waals surface area (Å²) in [6.07, 6.45) is 4.63. The second-order valence-corrected chi connectivity index (χ2v) is 10.4. The van der Waals surface area contributed by atoms with Crippen LogP contribution in [0.25, 0.3) is 5.69 Å². The van der Waals surface area contributed by atoms with Crippen LogP contribution in [0.3, 0.4) is 0 Å². The third-order valence-corrected chi connectivity index (χ3v) is 7.54. The average Bonchev–Trinajstić information content (AvgIpc) is 3.32. The van der Waals surface area contributed by atoms with Crippen LogP contribution >= 0.6 is 11.6 Å². The van der Waals surface area contributed by atoms with E-state index in [4.69, 9.17) is 16.1 Å². The van der Waals surface area contributed by atoms with Gasteiger partial charge in [0, 0.05) is 41.9 Å². The largest absolute Gasteiger partial charge is 0.337 e. The summed E-state index contributed by atoms with van der Waals surface area (Å²) >= 11 is 6.29. The van der Waals surface area contributed by atoms with Crippen LogP contribution < -0.4 is 4.90 Å². The standard InChI is InChI=1S/C22H24ClN7O/c1-28-9-14-6-16(23)4-5-17(14)30-18(10-28)25-26-19(30)15-7-22(8-15)11-29(12-22)21-24-20(31-27-21)13-2-3-13/h4-6,13,15H,2-3,7-12H2,1H3. The average molecular weight is 438 g/mol. The molecule has 0 bridgehead atoms. The Morgan fingerprint density at radius 3 is 2.74 bits per heavy atom. The van der Waals surface area contributed by atoms with Crippen LogP contribution in [0.1, 0.15) is 60.6 Å². The Morgan fingerprint density at radius 1 is 1.10 bits per heavy atom. The molecule has 1 spiro atoms. The Kier molecular flexibility index (Phi) is 3.69. The molecule has 2 aromatic heterocycles. The molecule has 1 aromatic carbocycles. The van der Waals surface area contributed by atoms with Crippen molar-refractivity contribution in [2.75, 3.05) is 25.0 Å². The highest BCUT2D eigenvalue weighted by Crippen LogP contribution is 2.56. The monoisotopic (exact) mass is 437 g/mol. The van der Waals surface area contributed by atoms with Crippen LogP contribution in [0.4, 0.5) is 5.95 Å². The number of hydrogen-bond donors (Lipinski definition) is 0. The number of benzene rings is 1. The van der Waals surface area contributed by atoms with Gasteiger partial charge in [-0.25, -0.2) is 0 Å². The molecule has 0 amide bonds. The fourth-order valence-electron chi connectivity index (χ4n) is 5.63. The first-order valence-corrected chi connectivity index (χ1v) is 11.4. The quantitative estimate of drug-likeness (QED) is 0.620. The van der Waals surface area contributed by atoms with E-state index in [0.29, 0.717) is 17.3 Å². The second-order valence-electron chi connectivity index (χ2n) is 9.92. The van der Waals surface area contributed by atoms with Crippen LogP contribution in [0, 0.1) is 5.41 Å². The van der Waals surface area contributed by atoms with Gasteiger partial charge in [-0.05, 0) is 61.7 Å². The molecule has 2 aliphatic heterocycles. The summed E-state index contributed by atoms with van der Waals surface area (Å²) in [5.74, 6) is 4.62. The number of halogens is 1. The van der Waals surface area contributed by atoms with Crippen molar-refractivity contribution in [1.82, 2.24) is 29.8 Å². The fourth-order valence-corrected chi connectivity index (χ4v) is 5.82. The molecule has 1 saturated heterocycles. The summed E-state index contributed by atoms with van der Waals surface area (Å²) in [5, 5.41) is 14.2.